The van der Waals surface area contributed by atoms with E-state index in [1.165, 1.54) is 0 Å². The maximum absolute atomic E-state index is 12.2. The van der Waals surface area contributed by atoms with Gasteiger partial charge in [-0.25, -0.2) is 0 Å². The summed E-state index contributed by atoms with van der Waals surface area (Å²) in [4.78, 5) is 12.2. The zero-order valence-electron chi connectivity index (χ0n) is 11.5. The largest absolute Gasteiger partial charge is 0.460 e. The predicted molar refractivity (Wildman–Crippen MR) is 66.6 cm³/mol. The number of esters is 1. The number of aliphatic hydroxyl groups excluding tert-OH is 1. The van der Waals surface area contributed by atoms with Crippen LogP contribution >= 0.6 is 0 Å². The van der Waals surface area contributed by atoms with Gasteiger partial charge in [0.1, 0.15) is 5.60 Å². The van der Waals surface area contributed by atoms with Crippen molar-refractivity contribution >= 4 is 5.97 Å². The second-order valence-electron chi connectivity index (χ2n) is 6.39. The molecule has 1 fully saturated rings. The molecule has 1 aliphatic heterocycles. The van der Waals surface area contributed by atoms with Gasteiger partial charge in [0.05, 0.1) is 5.92 Å². The average molecular weight is 243 g/mol. The van der Waals surface area contributed by atoms with Gasteiger partial charge in [-0.15, -0.1) is 0 Å². The minimum absolute atomic E-state index is 0.113. The molecule has 1 saturated heterocycles. The molecule has 1 aliphatic rings. The molecule has 1 rings (SSSR count). The minimum Gasteiger partial charge on any atom is -0.460 e. The maximum atomic E-state index is 12.2. The van der Waals surface area contributed by atoms with Gasteiger partial charge in [-0.2, -0.15) is 0 Å². The van der Waals surface area contributed by atoms with E-state index in [1.54, 1.807) is 0 Å². The first-order chi connectivity index (χ1) is 7.67. The zero-order chi connectivity index (χ0) is 13.3. The summed E-state index contributed by atoms with van der Waals surface area (Å²) in [6.45, 7) is 10.5. The Morgan fingerprint density at radius 1 is 1.47 bits per heavy atom. The SMILES string of the molecule is CC(C)(C)OC(=O)[C@H]1C(CCO)CNC1(C)C. The maximum Gasteiger partial charge on any atom is 0.311 e. The van der Waals surface area contributed by atoms with Crippen molar-refractivity contribution in [3.8, 4) is 0 Å². The zero-order valence-corrected chi connectivity index (χ0v) is 11.5. The molecule has 0 radical (unpaired) electrons. The molecule has 4 heteroatoms. The van der Waals surface area contributed by atoms with E-state index in [-0.39, 0.29) is 30.0 Å². The summed E-state index contributed by atoms with van der Waals surface area (Å²) in [6.07, 6.45) is 0.639. The fraction of sp³-hybridized carbons (Fsp3) is 0.923. The predicted octanol–water partition coefficient (Wildman–Crippen LogP) is 1.32. The molecule has 1 heterocycles. The van der Waals surface area contributed by atoms with Crippen molar-refractivity contribution in [3.63, 3.8) is 0 Å². The monoisotopic (exact) mass is 243 g/mol. The summed E-state index contributed by atoms with van der Waals surface area (Å²) in [5.41, 5.74) is -0.721. The van der Waals surface area contributed by atoms with E-state index in [9.17, 15) is 4.79 Å². The molecule has 1 unspecified atom stereocenters. The van der Waals surface area contributed by atoms with E-state index < -0.39 is 5.60 Å². The number of ether oxygens (including phenoxy) is 1. The molecule has 2 atom stereocenters. The molecular weight excluding hydrogens is 218 g/mol. The van der Waals surface area contributed by atoms with Crippen molar-refractivity contribution in [2.24, 2.45) is 11.8 Å². The van der Waals surface area contributed by atoms with Crippen molar-refractivity contribution in [1.82, 2.24) is 5.32 Å². The summed E-state index contributed by atoms with van der Waals surface area (Å²) in [7, 11) is 0. The molecule has 0 aromatic carbocycles. The first-order valence-electron chi connectivity index (χ1n) is 6.26. The highest BCUT2D eigenvalue weighted by Crippen LogP contribution is 2.34. The van der Waals surface area contributed by atoms with E-state index in [0.29, 0.717) is 6.42 Å². The Kier molecular flexibility index (Phi) is 4.20. The highest BCUT2D eigenvalue weighted by atomic mass is 16.6. The first-order valence-corrected chi connectivity index (χ1v) is 6.26. The standard InChI is InChI=1S/C13H25NO3/c1-12(2,3)17-11(16)10-9(6-7-15)8-14-13(10,4)5/h9-10,14-15H,6-8H2,1-5H3/t9?,10-/m1/s1. The van der Waals surface area contributed by atoms with Gasteiger partial charge in [-0.05, 0) is 53.5 Å². The summed E-state index contributed by atoms with van der Waals surface area (Å²) in [6, 6.07) is 0. The van der Waals surface area contributed by atoms with Crippen molar-refractivity contribution in [2.75, 3.05) is 13.2 Å². The van der Waals surface area contributed by atoms with Gasteiger partial charge < -0.3 is 15.2 Å². The molecule has 0 spiro atoms. The fourth-order valence-corrected chi connectivity index (χ4v) is 2.50. The van der Waals surface area contributed by atoms with E-state index in [2.05, 4.69) is 5.32 Å². The molecule has 0 saturated carbocycles. The number of hydrogen-bond donors (Lipinski definition) is 2. The van der Waals surface area contributed by atoms with Gasteiger partial charge >= 0.3 is 5.97 Å². The summed E-state index contributed by atoms with van der Waals surface area (Å²) in [5.74, 6) is -0.190. The highest BCUT2D eigenvalue weighted by Gasteiger charge is 2.47. The first kappa shape index (κ1) is 14.5. The summed E-state index contributed by atoms with van der Waals surface area (Å²) in [5, 5.41) is 12.4. The molecule has 0 amide bonds. The molecule has 4 nitrogen and oxygen atoms in total. The molecular formula is C13H25NO3. The third-order valence-corrected chi connectivity index (χ3v) is 3.23. The lowest BCUT2D eigenvalue weighted by Gasteiger charge is -2.31. The topological polar surface area (TPSA) is 58.6 Å². The second kappa shape index (κ2) is 4.94. The van der Waals surface area contributed by atoms with E-state index >= 15 is 0 Å². The van der Waals surface area contributed by atoms with Crippen LogP contribution in [0.15, 0.2) is 0 Å². The van der Waals surface area contributed by atoms with Crippen molar-refractivity contribution < 1.29 is 14.6 Å². The van der Waals surface area contributed by atoms with Crippen LogP contribution in [0.1, 0.15) is 41.0 Å². The molecule has 0 bridgehead atoms. The lowest BCUT2D eigenvalue weighted by atomic mass is 9.81. The normalized spacial score (nSPS) is 28.1. The third kappa shape index (κ3) is 3.68. The Balaban J connectivity index is 2.79. The van der Waals surface area contributed by atoms with E-state index in [1.807, 2.05) is 34.6 Å². The minimum atomic E-state index is -0.459. The van der Waals surface area contributed by atoms with Gasteiger partial charge in [0, 0.05) is 12.1 Å². The van der Waals surface area contributed by atoms with Gasteiger partial charge in [0.2, 0.25) is 0 Å². The fourth-order valence-electron chi connectivity index (χ4n) is 2.50. The van der Waals surface area contributed by atoms with Gasteiger partial charge in [0.15, 0.2) is 0 Å². The Morgan fingerprint density at radius 2 is 2.06 bits per heavy atom. The van der Waals surface area contributed by atoms with Crippen molar-refractivity contribution in [3.05, 3.63) is 0 Å². The van der Waals surface area contributed by atoms with Gasteiger partial charge in [-0.1, -0.05) is 0 Å². The van der Waals surface area contributed by atoms with Crippen LogP contribution in [-0.4, -0.2) is 35.4 Å². The summed E-state index contributed by atoms with van der Waals surface area (Å²) >= 11 is 0. The number of aliphatic hydroxyl groups is 1. The molecule has 17 heavy (non-hydrogen) atoms. The Morgan fingerprint density at radius 3 is 2.53 bits per heavy atom. The number of nitrogens with one attached hydrogen (secondary N) is 1. The Labute approximate surface area is 104 Å². The van der Waals surface area contributed by atoms with Gasteiger partial charge in [-0.3, -0.25) is 4.79 Å². The van der Waals surface area contributed by atoms with E-state index in [4.69, 9.17) is 9.84 Å². The van der Waals surface area contributed by atoms with Crippen molar-refractivity contribution in [2.45, 2.75) is 52.2 Å². The van der Waals surface area contributed by atoms with Crippen LogP contribution < -0.4 is 5.32 Å². The Bertz CT molecular complexity index is 281. The molecule has 0 aromatic rings. The summed E-state index contributed by atoms with van der Waals surface area (Å²) < 4.78 is 5.47. The molecule has 0 aliphatic carbocycles. The Hall–Kier alpha value is -0.610. The number of carbonyl (C=O) groups is 1. The van der Waals surface area contributed by atoms with E-state index in [0.717, 1.165) is 6.54 Å². The highest BCUT2D eigenvalue weighted by molar-refractivity contribution is 5.75. The second-order valence-corrected chi connectivity index (χ2v) is 6.39. The van der Waals surface area contributed by atoms with Crippen LogP contribution in [-0.2, 0) is 9.53 Å². The number of hydrogen-bond acceptors (Lipinski definition) is 4. The smallest absolute Gasteiger partial charge is 0.311 e. The third-order valence-electron chi connectivity index (χ3n) is 3.23. The number of rotatable bonds is 3. The van der Waals surface area contributed by atoms with Crippen LogP contribution in [0.2, 0.25) is 0 Å². The van der Waals surface area contributed by atoms with Crippen LogP contribution in [0, 0.1) is 11.8 Å². The van der Waals surface area contributed by atoms with Gasteiger partial charge in [0.25, 0.3) is 0 Å². The lowest BCUT2D eigenvalue weighted by molar-refractivity contribution is -0.163. The van der Waals surface area contributed by atoms with Crippen LogP contribution in [0.4, 0.5) is 0 Å². The lowest BCUT2D eigenvalue weighted by Crippen LogP contribution is -2.44. The van der Waals surface area contributed by atoms with Crippen LogP contribution in [0.3, 0.4) is 0 Å². The van der Waals surface area contributed by atoms with Crippen LogP contribution in [0.5, 0.6) is 0 Å². The number of carbonyl (C=O) groups excluding carboxylic acids is 1. The van der Waals surface area contributed by atoms with Crippen LogP contribution in [0.25, 0.3) is 0 Å². The van der Waals surface area contributed by atoms with Crippen molar-refractivity contribution in [1.29, 1.82) is 0 Å². The molecule has 2 N–H and O–H groups in total. The molecule has 100 valence electrons. The average Bonchev–Trinajstić information content (AvgIpc) is 2.39. The quantitative estimate of drug-likeness (QED) is 0.734. The molecule has 0 aromatic heterocycles.